The minimum absolute atomic E-state index is 0.295. The number of ether oxygens (including phenoxy) is 2. The summed E-state index contributed by atoms with van der Waals surface area (Å²) < 4.78 is 11.8. The molecule has 6 heteroatoms. The topological polar surface area (TPSA) is 52.6 Å². The molecule has 6 atom stereocenters. The molecule has 0 saturated heterocycles. The van der Waals surface area contributed by atoms with Crippen molar-refractivity contribution in [3.05, 3.63) is 44.8 Å². The van der Waals surface area contributed by atoms with Crippen LogP contribution < -0.4 is 0 Å². The number of fused-ring (bicyclic) bond motifs is 5. The van der Waals surface area contributed by atoms with Gasteiger partial charge in [0.25, 0.3) is 0 Å². The maximum absolute atomic E-state index is 12.6. The van der Waals surface area contributed by atoms with Gasteiger partial charge in [0.1, 0.15) is 12.2 Å². The highest BCUT2D eigenvalue weighted by molar-refractivity contribution is 7.08. The lowest BCUT2D eigenvalue weighted by molar-refractivity contribution is -0.0416. The van der Waals surface area contributed by atoms with Crippen LogP contribution in [0.5, 0.6) is 0 Å². The number of esters is 2. The third-order valence-corrected chi connectivity index (χ3v) is 7.79. The first kappa shape index (κ1) is 16.5. The Hall–Kier alpha value is -1.66. The fourth-order valence-electron chi connectivity index (χ4n) is 5.39. The van der Waals surface area contributed by atoms with Crippen LogP contribution in [0.3, 0.4) is 0 Å². The Bertz CT molecular complexity index is 798. The first-order chi connectivity index (χ1) is 12.7. The van der Waals surface area contributed by atoms with Crippen molar-refractivity contribution in [3.63, 3.8) is 0 Å². The molecule has 2 aromatic rings. The van der Waals surface area contributed by atoms with E-state index < -0.39 is 0 Å². The molecule has 3 fully saturated rings. The van der Waals surface area contributed by atoms with E-state index in [0.29, 0.717) is 34.8 Å². The van der Waals surface area contributed by atoms with Crippen molar-refractivity contribution in [2.75, 3.05) is 0 Å². The summed E-state index contributed by atoms with van der Waals surface area (Å²) in [6.45, 7) is 0. The van der Waals surface area contributed by atoms with Gasteiger partial charge in [-0.25, -0.2) is 9.59 Å². The Balaban J connectivity index is 1.37. The summed E-state index contributed by atoms with van der Waals surface area (Å²) in [7, 11) is 0. The van der Waals surface area contributed by atoms with Crippen LogP contribution in [0.25, 0.3) is 0 Å². The van der Waals surface area contributed by atoms with E-state index in [1.165, 1.54) is 41.9 Å². The molecule has 2 bridgehead atoms. The van der Waals surface area contributed by atoms with Gasteiger partial charge in [-0.3, -0.25) is 0 Å². The number of hydrogen-bond acceptors (Lipinski definition) is 6. The van der Waals surface area contributed by atoms with Crippen LogP contribution in [-0.2, 0) is 9.47 Å². The quantitative estimate of drug-likeness (QED) is 0.717. The van der Waals surface area contributed by atoms with Crippen LogP contribution in [0.2, 0.25) is 0 Å². The molecule has 0 N–H and O–H groups in total. The van der Waals surface area contributed by atoms with Gasteiger partial charge in [0, 0.05) is 16.7 Å². The van der Waals surface area contributed by atoms with Gasteiger partial charge < -0.3 is 9.47 Å². The first-order valence-corrected chi connectivity index (χ1v) is 11.1. The number of thiophene rings is 2. The largest absolute Gasteiger partial charge is 0.455 e. The van der Waals surface area contributed by atoms with Crippen LogP contribution in [0.4, 0.5) is 0 Å². The second kappa shape index (κ2) is 6.50. The van der Waals surface area contributed by atoms with E-state index in [-0.39, 0.29) is 24.1 Å². The van der Waals surface area contributed by atoms with E-state index >= 15 is 0 Å². The summed E-state index contributed by atoms with van der Waals surface area (Å²) in [4.78, 5) is 25.0. The first-order valence-electron chi connectivity index (χ1n) is 9.17. The van der Waals surface area contributed by atoms with Crippen LogP contribution in [0.1, 0.15) is 46.4 Å². The molecular weight excluding hydrogens is 368 g/mol. The van der Waals surface area contributed by atoms with Crippen molar-refractivity contribution >= 4 is 34.6 Å². The third-order valence-electron chi connectivity index (χ3n) is 6.42. The summed E-state index contributed by atoms with van der Waals surface area (Å²) in [6, 6.07) is 3.56. The van der Waals surface area contributed by atoms with Gasteiger partial charge in [-0.1, -0.05) is 0 Å². The van der Waals surface area contributed by atoms with Crippen LogP contribution in [-0.4, -0.2) is 24.1 Å². The molecule has 3 aliphatic carbocycles. The van der Waals surface area contributed by atoms with Crippen molar-refractivity contribution < 1.29 is 19.1 Å². The van der Waals surface area contributed by atoms with Gasteiger partial charge >= 0.3 is 11.9 Å². The molecule has 0 radical (unpaired) electrons. The van der Waals surface area contributed by atoms with E-state index in [1.807, 2.05) is 16.1 Å². The van der Waals surface area contributed by atoms with Crippen LogP contribution in [0, 0.1) is 23.7 Å². The Morgan fingerprint density at radius 3 is 2.19 bits per heavy atom. The zero-order chi connectivity index (χ0) is 17.7. The molecule has 2 aromatic heterocycles. The van der Waals surface area contributed by atoms with Gasteiger partial charge in [0.2, 0.25) is 0 Å². The Morgan fingerprint density at radius 2 is 1.54 bits per heavy atom. The third kappa shape index (κ3) is 2.70. The van der Waals surface area contributed by atoms with Gasteiger partial charge in [0.15, 0.2) is 0 Å². The lowest BCUT2D eigenvalue weighted by Gasteiger charge is -2.29. The van der Waals surface area contributed by atoms with Crippen molar-refractivity contribution in [1.29, 1.82) is 0 Å². The normalized spacial score (nSPS) is 34.6. The molecule has 5 rings (SSSR count). The number of carbonyl (C=O) groups excluding carboxylic acids is 2. The van der Waals surface area contributed by atoms with Crippen molar-refractivity contribution in [3.8, 4) is 0 Å². The molecule has 0 aromatic carbocycles. The standard InChI is InChI=1S/C20H20O4S2/c21-19(13-3-5-25-9-13)23-16-8-15-11-1-2-12(7-11)17(15)18(16)24-20(22)14-4-6-26-10-14/h3-6,9-12,15-18H,1-2,7-8H2. The highest BCUT2D eigenvalue weighted by Crippen LogP contribution is 2.60. The minimum Gasteiger partial charge on any atom is -0.455 e. The van der Waals surface area contributed by atoms with Crippen molar-refractivity contribution in [1.82, 2.24) is 0 Å². The summed E-state index contributed by atoms with van der Waals surface area (Å²) in [5.41, 5.74) is 1.17. The molecular formula is C20H20O4S2. The van der Waals surface area contributed by atoms with Gasteiger partial charge in [-0.15, -0.1) is 0 Å². The summed E-state index contributed by atoms with van der Waals surface area (Å²) in [5.74, 6) is 1.58. The van der Waals surface area contributed by atoms with E-state index in [4.69, 9.17) is 9.47 Å². The zero-order valence-corrected chi connectivity index (χ0v) is 15.8. The Morgan fingerprint density at radius 1 is 0.885 bits per heavy atom. The highest BCUT2D eigenvalue weighted by Gasteiger charge is 2.59. The molecule has 0 spiro atoms. The second-order valence-electron chi connectivity index (χ2n) is 7.65. The summed E-state index contributed by atoms with van der Waals surface area (Å²) >= 11 is 2.96. The SMILES string of the molecule is O=C(OC1CC2C3CCC(C3)C2C1OC(=O)c1ccsc1)c1ccsc1. The molecule has 0 amide bonds. The molecule has 136 valence electrons. The average Bonchev–Trinajstić information content (AvgIpc) is 3.42. The number of carbonyl (C=O) groups is 2. The minimum atomic E-state index is -0.330. The smallest absolute Gasteiger partial charge is 0.339 e. The predicted octanol–water partition coefficient (Wildman–Crippen LogP) is 4.63. The highest BCUT2D eigenvalue weighted by atomic mass is 32.1. The predicted molar refractivity (Wildman–Crippen MR) is 99.5 cm³/mol. The molecule has 26 heavy (non-hydrogen) atoms. The lowest BCUT2D eigenvalue weighted by atomic mass is 9.81. The molecule has 4 nitrogen and oxygen atoms in total. The van der Waals surface area contributed by atoms with E-state index in [1.54, 1.807) is 17.5 Å². The second-order valence-corrected chi connectivity index (χ2v) is 9.21. The summed E-state index contributed by atoms with van der Waals surface area (Å²) in [5, 5.41) is 7.35. The van der Waals surface area contributed by atoms with Gasteiger partial charge in [-0.2, -0.15) is 22.7 Å². The van der Waals surface area contributed by atoms with E-state index in [9.17, 15) is 9.59 Å². The monoisotopic (exact) mass is 388 g/mol. The van der Waals surface area contributed by atoms with E-state index in [0.717, 1.165) is 6.42 Å². The molecule has 6 unspecified atom stereocenters. The molecule has 0 aliphatic heterocycles. The lowest BCUT2D eigenvalue weighted by Crippen LogP contribution is -2.37. The fourth-order valence-corrected chi connectivity index (χ4v) is 6.65. The van der Waals surface area contributed by atoms with E-state index in [2.05, 4.69) is 0 Å². The number of hydrogen-bond donors (Lipinski definition) is 0. The van der Waals surface area contributed by atoms with Crippen LogP contribution >= 0.6 is 22.7 Å². The Labute approximate surface area is 160 Å². The zero-order valence-electron chi connectivity index (χ0n) is 14.2. The maximum Gasteiger partial charge on any atom is 0.339 e. The maximum atomic E-state index is 12.6. The van der Waals surface area contributed by atoms with Crippen molar-refractivity contribution in [2.24, 2.45) is 23.7 Å². The fraction of sp³-hybridized carbons (Fsp3) is 0.500. The summed E-state index contributed by atoms with van der Waals surface area (Å²) in [6.07, 6.45) is 3.90. The molecule has 3 aliphatic rings. The molecule has 3 saturated carbocycles. The van der Waals surface area contributed by atoms with Gasteiger partial charge in [-0.05, 0) is 66.3 Å². The molecule has 2 heterocycles. The Kier molecular flexibility index (Phi) is 4.13. The average molecular weight is 389 g/mol. The van der Waals surface area contributed by atoms with Gasteiger partial charge in [0.05, 0.1) is 11.1 Å². The van der Waals surface area contributed by atoms with Crippen molar-refractivity contribution in [2.45, 2.75) is 37.9 Å². The number of rotatable bonds is 4. The van der Waals surface area contributed by atoms with Crippen LogP contribution in [0.15, 0.2) is 33.7 Å².